The summed E-state index contributed by atoms with van der Waals surface area (Å²) in [5, 5.41) is 11.5. The Morgan fingerprint density at radius 3 is 2.46 bits per heavy atom. The van der Waals surface area contributed by atoms with E-state index in [1.165, 1.54) is 37.3 Å². The van der Waals surface area contributed by atoms with Crippen LogP contribution in [0.3, 0.4) is 0 Å². The number of carbonyl (C=O) groups excluding carboxylic acids is 1. The third-order valence-corrected chi connectivity index (χ3v) is 8.56. The fraction of sp³-hybridized carbons (Fsp3) is 0.457. The van der Waals surface area contributed by atoms with Gasteiger partial charge in [0.05, 0.1) is 5.58 Å². The summed E-state index contributed by atoms with van der Waals surface area (Å²) in [6, 6.07) is 14.6. The predicted molar refractivity (Wildman–Crippen MR) is 163 cm³/mol. The molecule has 0 atom stereocenters. The standard InChI is InChI=1S/C22H19N2O.C13H24O2.Ir/c1-14-9-10-18-17-7-4-8-19(21(17)25-22(18)24-14)20-13-16(11-12-23-20)15-5-2-3-6-15;1-7-12(3,4)10(14)9-11(15)13(5,6)8-2;/h4,7,9-13,15H,2-3,5-6H2,1H3;9,14H,7-8H2,1-6H3;/q-1;;/b;10-9-;/i1D3;;. The molecule has 0 spiro atoms. The first-order valence-corrected chi connectivity index (χ1v) is 14.3. The third kappa shape index (κ3) is 7.34. The van der Waals surface area contributed by atoms with Crippen LogP contribution >= 0.6 is 0 Å². The van der Waals surface area contributed by atoms with Crippen LogP contribution in [0.4, 0.5) is 0 Å². The van der Waals surface area contributed by atoms with Crippen molar-refractivity contribution in [3.05, 3.63) is 71.8 Å². The first-order valence-electron chi connectivity index (χ1n) is 15.8. The fourth-order valence-corrected chi connectivity index (χ4v) is 4.78. The van der Waals surface area contributed by atoms with Crippen molar-refractivity contribution in [2.75, 3.05) is 0 Å². The summed E-state index contributed by atoms with van der Waals surface area (Å²) in [6.07, 6.45) is 9.86. The van der Waals surface area contributed by atoms with Crippen LogP contribution in [-0.2, 0) is 24.9 Å². The van der Waals surface area contributed by atoms with Crippen molar-refractivity contribution in [3.63, 3.8) is 0 Å². The maximum atomic E-state index is 11.8. The average molecular weight is 735 g/mol. The number of aliphatic hydroxyl groups is 1. The molecule has 1 aliphatic rings. The molecule has 3 aromatic heterocycles. The minimum Gasteiger partial charge on any atom is -0.512 e. The molecular formula is C35H43IrN2O3-. The van der Waals surface area contributed by atoms with Gasteiger partial charge in [-0.1, -0.05) is 77.0 Å². The maximum Gasteiger partial charge on any atom is 0.216 e. The van der Waals surface area contributed by atoms with E-state index in [2.05, 4.69) is 28.2 Å². The first-order chi connectivity index (χ1) is 20.2. The second-order valence-corrected chi connectivity index (χ2v) is 12.1. The van der Waals surface area contributed by atoms with E-state index in [0.29, 0.717) is 17.2 Å². The summed E-state index contributed by atoms with van der Waals surface area (Å²) in [7, 11) is 0. The van der Waals surface area contributed by atoms with Gasteiger partial charge in [0.1, 0.15) is 5.76 Å². The largest absolute Gasteiger partial charge is 0.512 e. The molecule has 0 amide bonds. The summed E-state index contributed by atoms with van der Waals surface area (Å²) in [4.78, 5) is 20.6. The smallest absolute Gasteiger partial charge is 0.216 e. The number of furan rings is 1. The van der Waals surface area contributed by atoms with Crippen molar-refractivity contribution < 1.29 is 38.5 Å². The number of allylic oxidation sites excluding steroid dienone is 2. The van der Waals surface area contributed by atoms with Gasteiger partial charge in [-0.25, -0.2) is 4.98 Å². The predicted octanol–water partition coefficient (Wildman–Crippen LogP) is 9.68. The third-order valence-electron chi connectivity index (χ3n) is 8.56. The normalized spacial score (nSPS) is 16.0. The Bertz CT molecular complexity index is 1630. The quantitative estimate of drug-likeness (QED) is 0.116. The summed E-state index contributed by atoms with van der Waals surface area (Å²) in [5.74, 6) is 0.792. The monoisotopic (exact) mass is 735 g/mol. The summed E-state index contributed by atoms with van der Waals surface area (Å²) in [5.41, 5.74) is 3.24. The number of pyridine rings is 2. The molecule has 41 heavy (non-hydrogen) atoms. The van der Waals surface area contributed by atoms with Crippen molar-refractivity contribution in [2.45, 2.75) is 92.8 Å². The maximum absolute atomic E-state index is 11.8. The van der Waals surface area contributed by atoms with Gasteiger partial charge in [0, 0.05) is 58.4 Å². The van der Waals surface area contributed by atoms with Crippen LogP contribution in [-0.4, -0.2) is 20.9 Å². The second-order valence-electron chi connectivity index (χ2n) is 12.1. The number of aryl methyl sites for hydroxylation is 1. The zero-order chi connectivity index (χ0) is 31.6. The summed E-state index contributed by atoms with van der Waals surface area (Å²) < 4.78 is 28.7. The molecule has 5 rings (SSSR count). The van der Waals surface area contributed by atoms with Crippen molar-refractivity contribution in [1.82, 2.24) is 9.97 Å². The van der Waals surface area contributed by atoms with Gasteiger partial charge in [-0.2, -0.15) is 0 Å². The van der Waals surface area contributed by atoms with Gasteiger partial charge in [-0.15, -0.1) is 18.2 Å². The second kappa shape index (κ2) is 13.4. The Morgan fingerprint density at radius 1 is 1.10 bits per heavy atom. The van der Waals surface area contributed by atoms with E-state index in [4.69, 9.17) is 8.53 Å². The van der Waals surface area contributed by atoms with Crippen LogP contribution < -0.4 is 0 Å². The Labute approximate surface area is 262 Å². The van der Waals surface area contributed by atoms with Crippen molar-refractivity contribution in [3.8, 4) is 11.3 Å². The van der Waals surface area contributed by atoms with Crippen LogP contribution in [0, 0.1) is 23.7 Å². The zero-order valence-electron chi connectivity index (χ0n) is 27.9. The molecule has 6 heteroatoms. The van der Waals surface area contributed by atoms with Crippen LogP contribution in [0.1, 0.15) is 101 Å². The number of aliphatic hydroxyl groups excluding tert-OH is 1. The zero-order valence-corrected chi connectivity index (χ0v) is 27.3. The number of hydrogen-bond donors (Lipinski definition) is 1. The van der Waals surface area contributed by atoms with Gasteiger partial charge in [0.15, 0.2) is 5.78 Å². The number of hydrogen-bond acceptors (Lipinski definition) is 5. The SMILES string of the molecule is CCC(C)(C)C(=O)/C=C(\O)C(C)(C)CC.[2H]C([2H])([2H])c1ccc2c(n1)oc1c(-c3cc(C4CCCC4)ccn3)[c-]ccc12.[Ir]. The van der Waals surface area contributed by atoms with Gasteiger partial charge in [0.25, 0.3) is 0 Å². The van der Waals surface area contributed by atoms with E-state index in [-0.39, 0.29) is 48.2 Å². The molecule has 5 nitrogen and oxygen atoms in total. The fourth-order valence-electron chi connectivity index (χ4n) is 4.78. The molecule has 221 valence electrons. The molecule has 1 fully saturated rings. The van der Waals surface area contributed by atoms with E-state index in [1.54, 1.807) is 12.1 Å². The number of aromatic nitrogens is 2. The number of benzene rings is 1. The van der Waals surface area contributed by atoms with Gasteiger partial charge in [0.2, 0.25) is 5.71 Å². The molecule has 1 aliphatic carbocycles. The van der Waals surface area contributed by atoms with Crippen LogP contribution in [0.5, 0.6) is 0 Å². The van der Waals surface area contributed by atoms with Crippen molar-refractivity contribution in [1.29, 1.82) is 0 Å². The van der Waals surface area contributed by atoms with Crippen LogP contribution in [0.25, 0.3) is 33.3 Å². The first kappa shape index (κ1) is 28.3. The van der Waals surface area contributed by atoms with E-state index < -0.39 is 6.85 Å². The van der Waals surface area contributed by atoms with Gasteiger partial charge >= 0.3 is 0 Å². The molecule has 0 saturated heterocycles. The topological polar surface area (TPSA) is 76.2 Å². The minimum absolute atomic E-state index is 0. The molecule has 0 unspecified atom stereocenters. The van der Waals surface area contributed by atoms with Crippen LogP contribution in [0.2, 0.25) is 0 Å². The Morgan fingerprint density at radius 2 is 1.80 bits per heavy atom. The molecule has 3 heterocycles. The van der Waals surface area contributed by atoms with Gasteiger partial charge in [-0.3, -0.25) is 4.79 Å². The molecule has 0 bridgehead atoms. The number of fused-ring (bicyclic) bond motifs is 3. The number of nitrogens with zero attached hydrogens (tertiary/aromatic N) is 2. The number of ketones is 1. The summed E-state index contributed by atoms with van der Waals surface area (Å²) >= 11 is 0. The Kier molecular flexibility index (Phi) is 9.28. The molecular weight excluding hydrogens is 689 g/mol. The van der Waals surface area contributed by atoms with E-state index >= 15 is 0 Å². The molecule has 0 aliphatic heterocycles. The van der Waals surface area contributed by atoms with E-state index in [9.17, 15) is 9.90 Å². The molecule has 1 aromatic carbocycles. The van der Waals surface area contributed by atoms with E-state index in [1.807, 2.05) is 59.9 Å². The number of rotatable bonds is 7. The van der Waals surface area contributed by atoms with Crippen molar-refractivity contribution in [2.24, 2.45) is 10.8 Å². The minimum atomic E-state index is -2.26. The Balaban J connectivity index is 0.000000286. The summed E-state index contributed by atoms with van der Waals surface area (Å²) in [6.45, 7) is 9.39. The average Bonchev–Trinajstić information content (AvgIpc) is 3.65. The number of carbonyl (C=O) groups is 1. The van der Waals surface area contributed by atoms with Crippen molar-refractivity contribution >= 4 is 27.9 Å². The molecule has 4 aromatic rings. The molecule has 1 saturated carbocycles. The van der Waals surface area contributed by atoms with E-state index in [0.717, 1.165) is 34.9 Å². The molecule has 1 radical (unpaired) electrons. The van der Waals surface area contributed by atoms with Gasteiger partial charge in [-0.05, 0) is 62.3 Å². The Hall–Kier alpha value is -2.82. The molecule has 1 N–H and O–H groups in total. The van der Waals surface area contributed by atoms with Crippen LogP contribution in [0.15, 0.2) is 58.8 Å². The van der Waals surface area contributed by atoms with Gasteiger partial charge < -0.3 is 14.5 Å².